The zero-order valence-electron chi connectivity index (χ0n) is 17.7. The summed E-state index contributed by atoms with van der Waals surface area (Å²) in [5.74, 6) is -1.45. The highest BCUT2D eigenvalue weighted by atomic mass is 32.2. The SMILES string of the molecule is CCS[C@@H]1OC(COC(C)=O)C(OC)[C@H](OC(C)=O)C1N1C(=O)c2ccccc2C1=O. The lowest BCUT2D eigenvalue weighted by Gasteiger charge is -2.47. The Bertz CT molecular complexity index is 840. The summed E-state index contributed by atoms with van der Waals surface area (Å²) in [6, 6.07) is 5.60. The maximum absolute atomic E-state index is 13.2. The predicted molar refractivity (Wildman–Crippen MR) is 111 cm³/mol. The molecule has 31 heavy (non-hydrogen) atoms. The van der Waals surface area contributed by atoms with Gasteiger partial charge >= 0.3 is 11.9 Å². The summed E-state index contributed by atoms with van der Waals surface area (Å²) in [7, 11) is 1.40. The molecule has 9 nitrogen and oxygen atoms in total. The average molecular weight is 451 g/mol. The molecule has 3 unspecified atom stereocenters. The molecule has 0 saturated carbocycles. The van der Waals surface area contributed by atoms with E-state index in [4.69, 9.17) is 18.9 Å². The fourth-order valence-corrected chi connectivity index (χ4v) is 4.91. The highest BCUT2D eigenvalue weighted by molar-refractivity contribution is 7.99. The van der Waals surface area contributed by atoms with Crippen molar-refractivity contribution in [3.63, 3.8) is 0 Å². The van der Waals surface area contributed by atoms with Crippen LogP contribution in [0.15, 0.2) is 24.3 Å². The number of fused-ring (bicyclic) bond motifs is 1. The van der Waals surface area contributed by atoms with E-state index >= 15 is 0 Å². The quantitative estimate of drug-likeness (QED) is 0.451. The van der Waals surface area contributed by atoms with Crippen LogP contribution in [0, 0.1) is 0 Å². The highest BCUT2D eigenvalue weighted by Crippen LogP contribution is 2.38. The number of methoxy groups -OCH3 is 1. The predicted octanol–water partition coefficient (Wildman–Crippen LogP) is 1.64. The number of benzene rings is 1. The number of imide groups is 1. The van der Waals surface area contributed by atoms with Crippen LogP contribution in [-0.2, 0) is 28.5 Å². The first kappa shape index (κ1) is 23.2. The van der Waals surface area contributed by atoms with Crippen LogP contribution in [-0.4, -0.2) is 77.9 Å². The number of amides is 2. The Balaban J connectivity index is 2.02. The third-order valence-electron chi connectivity index (χ3n) is 5.09. The van der Waals surface area contributed by atoms with E-state index < -0.39 is 53.5 Å². The van der Waals surface area contributed by atoms with Crippen LogP contribution >= 0.6 is 11.8 Å². The molecule has 0 aromatic heterocycles. The Hall–Kier alpha value is -2.43. The zero-order chi connectivity index (χ0) is 22.7. The zero-order valence-corrected chi connectivity index (χ0v) is 18.5. The molecule has 0 aliphatic carbocycles. The van der Waals surface area contributed by atoms with Crippen molar-refractivity contribution in [1.29, 1.82) is 0 Å². The molecule has 10 heteroatoms. The first-order valence-corrected chi connectivity index (χ1v) is 10.9. The van der Waals surface area contributed by atoms with Crippen molar-refractivity contribution in [3.8, 4) is 0 Å². The summed E-state index contributed by atoms with van der Waals surface area (Å²) in [4.78, 5) is 50.7. The van der Waals surface area contributed by atoms with Crippen LogP contribution in [0.3, 0.4) is 0 Å². The van der Waals surface area contributed by atoms with Gasteiger partial charge in [0.25, 0.3) is 11.8 Å². The summed E-state index contributed by atoms with van der Waals surface area (Å²) in [6.45, 7) is 4.29. The fraction of sp³-hybridized carbons (Fsp3) is 0.524. The highest BCUT2D eigenvalue weighted by Gasteiger charge is 2.55. The van der Waals surface area contributed by atoms with Gasteiger partial charge in [-0.1, -0.05) is 19.1 Å². The second-order valence-corrected chi connectivity index (χ2v) is 8.47. The maximum atomic E-state index is 13.2. The Morgan fingerprint density at radius 3 is 2.16 bits per heavy atom. The largest absolute Gasteiger partial charge is 0.463 e. The van der Waals surface area contributed by atoms with E-state index in [1.54, 1.807) is 24.3 Å². The van der Waals surface area contributed by atoms with Gasteiger partial charge < -0.3 is 18.9 Å². The van der Waals surface area contributed by atoms with Gasteiger partial charge in [-0.2, -0.15) is 0 Å². The number of esters is 2. The van der Waals surface area contributed by atoms with E-state index in [0.29, 0.717) is 5.75 Å². The van der Waals surface area contributed by atoms with Crippen LogP contribution in [0.2, 0.25) is 0 Å². The lowest BCUT2D eigenvalue weighted by Crippen LogP contribution is -2.66. The van der Waals surface area contributed by atoms with Crippen molar-refractivity contribution in [3.05, 3.63) is 35.4 Å². The standard InChI is InChI=1S/C21H25NO8S/c1-5-31-21-16(22-19(25)13-8-6-7-9-14(13)20(22)26)18(29-12(3)24)17(27-4)15(30-21)10-28-11(2)23/h6-9,15-18,21H,5,10H2,1-4H3/t15?,16?,17?,18-,21+/m1/s1. The molecule has 0 radical (unpaired) electrons. The first-order valence-electron chi connectivity index (χ1n) is 9.87. The molecule has 168 valence electrons. The number of carbonyl (C=O) groups is 4. The maximum Gasteiger partial charge on any atom is 0.303 e. The molecule has 0 bridgehead atoms. The number of ether oxygens (including phenoxy) is 4. The number of thioether (sulfide) groups is 1. The molecule has 2 aliphatic rings. The Labute approximate surface area is 184 Å². The van der Waals surface area contributed by atoms with Crippen molar-refractivity contribution < 1.29 is 38.1 Å². The number of rotatable bonds is 7. The number of hydrogen-bond acceptors (Lipinski definition) is 9. The minimum atomic E-state index is -1.01. The Morgan fingerprint density at radius 2 is 1.68 bits per heavy atom. The van der Waals surface area contributed by atoms with Crippen molar-refractivity contribution in [1.82, 2.24) is 4.90 Å². The minimum absolute atomic E-state index is 0.124. The van der Waals surface area contributed by atoms with Crippen molar-refractivity contribution in [2.75, 3.05) is 19.5 Å². The van der Waals surface area contributed by atoms with Crippen LogP contribution in [0.25, 0.3) is 0 Å². The van der Waals surface area contributed by atoms with Crippen LogP contribution in [0.5, 0.6) is 0 Å². The van der Waals surface area contributed by atoms with E-state index in [1.165, 1.54) is 32.7 Å². The average Bonchev–Trinajstić information content (AvgIpc) is 2.97. The molecule has 0 N–H and O–H groups in total. The van der Waals surface area contributed by atoms with Crippen molar-refractivity contribution in [2.24, 2.45) is 0 Å². The van der Waals surface area contributed by atoms with E-state index in [2.05, 4.69) is 0 Å². The molecule has 2 heterocycles. The number of hydrogen-bond donors (Lipinski definition) is 0. The Morgan fingerprint density at radius 1 is 1.06 bits per heavy atom. The summed E-state index contributed by atoms with van der Waals surface area (Å²) >= 11 is 1.36. The van der Waals surface area contributed by atoms with Crippen molar-refractivity contribution >= 4 is 35.5 Å². The monoisotopic (exact) mass is 451 g/mol. The second-order valence-electron chi connectivity index (χ2n) is 7.09. The van der Waals surface area contributed by atoms with Crippen LogP contribution in [0.4, 0.5) is 0 Å². The van der Waals surface area contributed by atoms with Gasteiger partial charge in [-0.3, -0.25) is 24.1 Å². The van der Waals surface area contributed by atoms with Gasteiger partial charge in [0, 0.05) is 21.0 Å². The normalized spacial score (nSPS) is 27.7. The summed E-state index contributed by atoms with van der Waals surface area (Å²) in [5, 5.41) is 0. The van der Waals surface area contributed by atoms with Gasteiger partial charge in [0.15, 0.2) is 6.10 Å². The van der Waals surface area contributed by atoms with Gasteiger partial charge in [-0.25, -0.2) is 0 Å². The fourth-order valence-electron chi connectivity index (χ4n) is 3.89. The molecule has 0 spiro atoms. The molecule has 1 saturated heterocycles. The molecular weight excluding hydrogens is 426 g/mol. The number of nitrogens with zero attached hydrogens (tertiary/aromatic N) is 1. The molecule has 1 aromatic carbocycles. The molecule has 2 aliphatic heterocycles. The lowest BCUT2D eigenvalue weighted by atomic mass is 9.96. The van der Waals surface area contributed by atoms with E-state index in [9.17, 15) is 19.2 Å². The van der Waals surface area contributed by atoms with Gasteiger partial charge in [0.2, 0.25) is 0 Å². The first-order chi connectivity index (χ1) is 14.8. The summed E-state index contributed by atoms with van der Waals surface area (Å²) < 4.78 is 22.4. The van der Waals surface area contributed by atoms with Gasteiger partial charge in [0.05, 0.1) is 11.1 Å². The van der Waals surface area contributed by atoms with Gasteiger partial charge in [-0.05, 0) is 17.9 Å². The summed E-state index contributed by atoms with van der Waals surface area (Å²) in [6.07, 6.45) is -2.64. The molecule has 2 amide bonds. The van der Waals surface area contributed by atoms with E-state index in [-0.39, 0.29) is 17.7 Å². The van der Waals surface area contributed by atoms with Crippen LogP contribution < -0.4 is 0 Å². The van der Waals surface area contributed by atoms with Gasteiger partial charge in [-0.15, -0.1) is 11.8 Å². The lowest BCUT2D eigenvalue weighted by molar-refractivity contribution is -0.211. The van der Waals surface area contributed by atoms with E-state index in [1.807, 2.05) is 6.92 Å². The minimum Gasteiger partial charge on any atom is -0.463 e. The van der Waals surface area contributed by atoms with Crippen molar-refractivity contribution in [2.45, 2.75) is 50.6 Å². The molecule has 5 atom stereocenters. The third-order valence-corrected chi connectivity index (χ3v) is 6.15. The van der Waals surface area contributed by atoms with Crippen LogP contribution in [0.1, 0.15) is 41.5 Å². The number of carbonyl (C=O) groups excluding carboxylic acids is 4. The summed E-state index contributed by atoms with van der Waals surface area (Å²) in [5.41, 5.74) is -0.154. The molecule has 1 fully saturated rings. The topological polar surface area (TPSA) is 108 Å². The van der Waals surface area contributed by atoms with Gasteiger partial charge in [0.1, 0.15) is 30.3 Å². The van der Waals surface area contributed by atoms with E-state index in [0.717, 1.165) is 4.90 Å². The molecule has 3 rings (SSSR count). The molecule has 1 aromatic rings. The smallest absolute Gasteiger partial charge is 0.303 e. The third kappa shape index (κ3) is 4.60. The Kier molecular flexibility index (Phi) is 7.34. The molecular formula is C21H25NO8S. The second kappa shape index (κ2) is 9.80.